The molecule has 0 aliphatic heterocycles. The fourth-order valence-electron chi connectivity index (χ4n) is 1.92. The number of ether oxygens (including phenoxy) is 1. The van der Waals surface area contributed by atoms with Crippen LogP contribution in [0.5, 0.6) is 5.75 Å². The maximum Gasteiger partial charge on any atom is 0.118 e. The third kappa shape index (κ3) is 5.62. The predicted molar refractivity (Wildman–Crippen MR) is 81.8 cm³/mol. The summed E-state index contributed by atoms with van der Waals surface area (Å²) in [4.78, 5) is 2.37. The Labute approximate surface area is 118 Å². The van der Waals surface area contributed by atoms with E-state index in [1.165, 1.54) is 12.0 Å². The molecule has 1 rings (SSSR count). The topological polar surface area (TPSA) is 24.5 Å². The van der Waals surface area contributed by atoms with Crippen molar-refractivity contribution in [3.63, 3.8) is 0 Å². The molecule has 0 saturated carbocycles. The van der Waals surface area contributed by atoms with Crippen molar-refractivity contribution in [3.8, 4) is 5.75 Å². The molecule has 1 N–H and O–H groups in total. The zero-order valence-electron chi connectivity index (χ0n) is 12.9. The van der Waals surface area contributed by atoms with Crippen LogP contribution in [-0.2, 0) is 0 Å². The first-order valence-corrected chi connectivity index (χ1v) is 7.12. The molecule has 3 heteroatoms. The summed E-state index contributed by atoms with van der Waals surface area (Å²) in [5.74, 6) is 0.912. The molecule has 0 fully saturated rings. The highest BCUT2D eigenvalue weighted by Gasteiger charge is 2.06. The van der Waals surface area contributed by atoms with Gasteiger partial charge in [0.05, 0.1) is 7.11 Å². The van der Waals surface area contributed by atoms with Crippen LogP contribution in [0, 0.1) is 0 Å². The van der Waals surface area contributed by atoms with Crippen molar-refractivity contribution in [2.45, 2.75) is 39.3 Å². The first-order chi connectivity index (χ1) is 9.04. The quantitative estimate of drug-likeness (QED) is 0.730. The normalized spacial score (nSPS) is 13.0. The van der Waals surface area contributed by atoms with E-state index in [1.807, 2.05) is 12.1 Å². The molecule has 3 nitrogen and oxygen atoms in total. The number of nitrogens with one attached hydrogen (secondary N) is 1. The van der Waals surface area contributed by atoms with E-state index >= 15 is 0 Å². The summed E-state index contributed by atoms with van der Waals surface area (Å²) in [5.41, 5.74) is 1.30. The van der Waals surface area contributed by atoms with E-state index in [0.717, 1.165) is 18.8 Å². The standard InChI is InChI=1S/C16H28N2O/c1-13(2)18(4)12-6-11-17-14(3)15-7-9-16(19-5)10-8-15/h7-10,13-14,17H,6,11-12H2,1-5H3. The monoisotopic (exact) mass is 264 g/mol. The second kappa shape index (κ2) is 8.18. The van der Waals surface area contributed by atoms with E-state index in [1.54, 1.807) is 7.11 Å². The Morgan fingerprint density at radius 1 is 1.16 bits per heavy atom. The SMILES string of the molecule is COc1ccc(C(C)NCCCN(C)C(C)C)cc1. The smallest absolute Gasteiger partial charge is 0.118 e. The maximum absolute atomic E-state index is 5.17. The Morgan fingerprint density at radius 2 is 1.79 bits per heavy atom. The third-order valence-electron chi connectivity index (χ3n) is 3.64. The molecule has 19 heavy (non-hydrogen) atoms. The van der Waals surface area contributed by atoms with Crippen molar-refractivity contribution in [1.29, 1.82) is 0 Å². The van der Waals surface area contributed by atoms with Crippen LogP contribution >= 0.6 is 0 Å². The highest BCUT2D eigenvalue weighted by atomic mass is 16.5. The summed E-state index contributed by atoms with van der Waals surface area (Å²) in [6.45, 7) is 8.85. The Morgan fingerprint density at radius 3 is 2.32 bits per heavy atom. The summed E-state index contributed by atoms with van der Waals surface area (Å²) in [7, 11) is 3.87. The number of hydrogen-bond acceptors (Lipinski definition) is 3. The van der Waals surface area contributed by atoms with Crippen LogP contribution in [0.1, 0.15) is 38.8 Å². The van der Waals surface area contributed by atoms with Gasteiger partial charge in [-0.25, -0.2) is 0 Å². The third-order valence-corrected chi connectivity index (χ3v) is 3.64. The summed E-state index contributed by atoms with van der Waals surface area (Å²) in [6.07, 6.45) is 1.18. The molecule has 1 aromatic carbocycles. The second-order valence-corrected chi connectivity index (χ2v) is 5.38. The van der Waals surface area contributed by atoms with Gasteiger partial charge in [-0.1, -0.05) is 12.1 Å². The van der Waals surface area contributed by atoms with E-state index in [4.69, 9.17) is 4.74 Å². The van der Waals surface area contributed by atoms with Crippen LogP contribution in [0.4, 0.5) is 0 Å². The molecule has 0 aliphatic carbocycles. The minimum absolute atomic E-state index is 0.385. The van der Waals surface area contributed by atoms with E-state index in [2.05, 4.69) is 50.2 Å². The van der Waals surface area contributed by atoms with E-state index < -0.39 is 0 Å². The fourth-order valence-corrected chi connectivity index (χ4v) is 1.92. The molecule has 0 spiro atoms. The van der Waals surface area contributed by atoms with Gasteiger partial charge in [-0.3, -0.25) is 0 Å². The van der Waals surface area contributed by atoms with Crippen molar-refractivity contribution < 1.29 is 4.74 Å². The summed E-state index contributed by atoms with van der Waals surface area (Å²) in [6, 6.07) is 9.28. The van der Waals surface area contributed by atoms with Gasteiger partial charge in [-0.05, 0) is 65.0 Å². The zero-order chi connectivity index (χ0) is 14.3. The van der Waals surface area contributed by atoms with Gasteiger partial charge in [0.15, 0.2) is 0 Å². The molecule has 1 unspecified atom stereocenters. The highest BCUT2D eigenvalue weighted by molar-refractivity contribution is 5.28. The van der Waals surface area contributed by atoms with Crippen molar-refractivity contribution in [2.24, 2.45) is 0 Å². The number of nitrogens with zero attached hydrogens (tertiary/aromatic N) is 1. The van der Waals surface area contributed by atoms with Crippen LogP contribution in [0.25, 0.3) is 0 Å². The first kappa shape index (κ1) is 16.0. The molecular formula is C16H28N2O. The zero-order valence-corrected chi connectivity index (χ0v) is 12.9. The minimum atomic E-state index is 0.385. The van der Waals surface area contributed by atoms with E-state index in [0.29, 0.717) is 12.1 Å². The van der Waals surface area contributed by atoms with Gasteiger partial charge in [0.2, 0.25) is 0 Å². The molecule has 0 radical (unpaired) electrons. The lowest BCUT2D eigenvalue weighted by Gasteiger charge is -2.21. The van der Waals surface area contributed by atoms with Crippen LogP contribution < -0.4 is 10.1 Å². The van der Waals surface area contributed by atoms with E-state index in [9.17, 15) is 0 Å². The molecule has 1 atom stereocenters. The van der Waals surface area contributed by atoms with Crippen LogP contribution in [0.2, 0.25) is 0 Å². The average molecular weight is 264 g/mol. The maximum atomic E-state index is 5.17. The number of hydrogen-bond donors (Lipinski definition) is 1. The number of benzene rings is 1. The number of rotatable bonds is 8. The number of methoxy groups -OCH3 is 1. The summed E-state index contributed by atoms with van der Waals surface area (Å²) < 4.78 is 5.17. The Hall–Kier alpha value is -1.06. The Bertz CT molecular complexity index is 348. The lowest BCUT2D eigenvalue weighted by molar-refractivity contribution is 0.268. The average Bonchev–Trinajstić information content (AvgIpc) is 2.43. The van der Waals surface area contributed by atoms with Gasteiger partial charge in [0.1, 0.15) is 5.75 Å². The lowest BCUT2D eigenvalue weighted by Crippen LogP contribution is -2.30. The Balaban J connectivity index is 2.28. The van der Waals surface area contributed by atoms with Gasteiger partial charge in [0.25, 0.3) is 0 Å². The predicted octanol–water partition coefficient (Wildman–Crippen LogP) is 3.08. The largest absolute Gasteiger partial charge is 0.497 e. The van der Waals surface area contributed by atoms with E-state index in [-0.39, 0.29) is 0 Å². The molecule has 0 heterocycles. The van der Waals surface area contributed by atoms with Gasteiger partial charge < -0.3 is 15.0 Å². The second-order valence-electron chi connectivity index (χ2n) is 5.38. The summed E-state index contributed by atoms with van der Waals surface area (Å²) >= 11 is 0. The molecule has 0 bridgehead atoms. The van der Waals surface area contributed by atoms with Gasteiger partial charge in [0, 0.05) is 12.1 Å². The van der Waals surface area contributed by atoms with Crippen molar-refractivity contribution >= 4 is 0 Å². The molecule has 0 aliphatic rings. The lowest BCUT2D eigenvalue weighted by atomic mass is 10.1. The van der Waals surface area contributed by atoms with Crippen molar-refractivity contribution in [3.05, 3.63) is 29.8 Å². The van der Waals surface area contributed by atoms with Crippen LogP contribution in [0.15, 0.2) is 24.3 Å². The molecular weight excluding hydrogens is 236 g/mol. The van der Waals surface area contributed by atoms with Gasteiger partial charge >= 0.3 is 0 Å². The molecule has 108 valence electrons. The van der Waals surface area contributed by atoms with Crippen LogP contribution in [0.3, 0.4) is 0 Å². The highest BCUT2D eigenvalue weighted by Crippen LogP contribution is 2.17. The Kier molecular flexibility index (Phi) is 6.89. The van der Waals surface area contributed by atoms with Gasteiger partial charge in [-0.15, -0.1) is 0 Å². The molecule has 0 amide bonds. The molecule has 1 aromatic rings. The minimum Gasteiger partial charge on any atom is -0.497 e. The fraction of sp³-hybridized carbons (Fsp3) is 0.625. The van der Waals surface area contributed by atoms with Crippen molar-refractivity contribution in [1.82, 2.24) is 10.2 Å². The van der Waals surface area contributed by atoms with Gasteiger partial charge in [-0.2, -0.15) is 0 Å². The first-order valence-electron chi connectivity index (χ1n) is 7.12. The summed E-state index contributed by atoms with van der Waals surface area (Å²) in [5, 5.41) is 3.56. The molecule has 0 saturated heterocycles. The van der Waals surface area contributed by atoms with Crippen molar-refractivity contribution in [2.75, 3.05) is 27.2 Å². The molecule has 0 aromatic heterocycles. The van der Waals surface area contributed by atoms with Crippen LogP contribution in [-0.4, -0.2) is 38.2 Å².